The van der Waals surface area contributed by atoms with Crippen LogP contribution in [0.3, 0.4) is 0 Å². The maximum atomic E-state index is 10.5. The molecule has 1 N–H and O–H groups in total. The van der Waals surface area contributed by atoms with Crippen LogP contribution in [-0.2, 0) is 0 Å². The molecule has 40 heavy (non-hydrogen) atoms. The van der Waals surface area contributed by atoms with Crippen molar-refractivity contribution in [1.29, 1.82) is 0 Å². The van der Waals surface area contributed by atoms with E-state index >= 15 is 0 Å². The summed E-state index contributed by atoms with van der Waals surface area (Å²) in [5.74, 6) is 1.01. The van der Waals surface area contributed by atoms with Crippen molar-refractivity contribution in [2.45, 2.75) is 20.0 Å². The highest BCUT2D eigenvalue weighted by molar-refractivity contribution is 6.21. The minimum atomic E-state index is -0.0589. The van der Waals surface area contributed by atoms with Crippen molar-refractivity contribution in [3.05, 3.63) is 115 Å². The standard InChI is InChI=1S/C35H27N3O2/c1-22(2)40-33-21-29(36-35(37-33)28-14-8-9-15-32(28)39)24-16-18-27-31(20-24)38(25-11-4-3-5-12-25)30-19-17-23-10-6-7-13-26(23)34(27)30/h3-22,39H,1-2H3. The van der Waals surface area contributed by atoms with Crippen LogP contribution in [0.25, 0.3) is 60.9 Å². The lowest BCUT2D eigenvalue weighted by Gasteiger charge is -2.13. The number of ether oxygens (including phenoxy) is 1. The Morgan fingerprint density at radius 2 is 1.48 bits per heavy atom. The van der Waals surface area contributed by atoms with E-state index in [-0.39, 0.29) is 11.9 Å². The van der Waals surface area contributed by atoms with Gasteiger partial charge < -0.3 is 14.4 Å². The van der Waals surface area contributed by atoms with Crippen LogP contribution < -0.4 is 4.74 Å². The average Bonchev–Trinajstić information content (AvgIpc) is 3.31. The molecule has 7 rings (SSSR count). The Morgan fingerprint density at radius 3 is 2.30 bits per heavy atom. The number of rotatable bonds is 5. The molecule has 0 bridgehead atoms. The summed E-state index contributed by atoms with van der Waals surface area (Å²) in [7, 11) is 0. The van der Waals surface area contributed by atoms with Crippen molar-refractivity contribution in [3.63, 3.8) is 0 Å². The molecule has 0 radical (unpaired) electrons. The third-order valence-corrected chi connectivity index (χ3v) is 7.17. The van der Waals surface area contributed by atoms with E-state index in [1.165, 1.54) is 21.5 Å². The number of benzene rings is 5. The highest BCUT2D eigenvalue weighted by atomic mass is 16.5. The molecule has 0 spiro atoms. The van der Waals surface area contributed by atoms with Gasteiger partial charge in [0.2, 0.25) is 5.88 Å². The van der Waals surface area contributed by atoms with E-state index in [9.17, 15) is 5.11 Å². The molecule has 7 aromatic rings. The molecule has 0 saturated heterocycles. The summed E-state index contributed by atoms with van der Waals surface area (Å²) < 4.78 is 8.33. The van der Waals surface area contributed by atoms with Gasteiger partial charge in [0.25, 0.3) is 0 Å². The van der Waals surface area contributed by atoms with Crippen molar-refractivity contribution in [2.75, 3.05) is 0 Å². The summed E-state index contributed by atoms with van der Waals surface area (Å²) in [5, 5.41) is 15.4. The van der Waals surface area contributed by atoms with Gasteiger partial charge in [0.15, 0.2) is 5.82 Å². The molecular formula is C35H27N3O2. The minimum absolute atomic E-state index is 0.0589. The van der Waals surface area contributed by atoms with Gasteiger partial charge in [0, 0.05) is 28.1 Å². The normalized spacial score (nSPS) is 11.6. The molecule has 5 heteroatoms. The molecular weight excluding hydrogens is 494 g/mol. The number of para-hydroxylation sites is 2. The zero-order valence-corrected chi connectivity index (χ0v) is 22.2. The quantitative estimate of drug-likeness (QED) is 0.246. The maximum absolute atomic E-state index is 10.5. The molecule has 0 amide bonds. The smallest absolute Gasteiger partial charge is 0.217 e. The third kappa shape index (κ3) is 4.03. The van der Waals surface area contributed by atoms with Gasteiger partial charge in [-0.2, -0.15) is 4.98 Å². The number of hydrogen-bond donors (Lipinski definition) is 1. The first-order chi connectivity index (χ1) is 19.6. The second-order valence-corrected chi connectivity index (χ2v) is 10.2. The van der Waals surface area contributed by atoms with Crippen LogP contribution in [0.2, 0.25) is 0 Å². The van der Waals surface area contributed by atoms with E-state index in [1.54, 1.807) is 12.1 Å². The van der Waals surface area contributed by atoms with Crippen LogP contribution in [0.15, 0.2) is 115 Å². The van der Waals surface area contributed by atoms with Gasteiger partial charge in [-0.3, -0.25) is 0 Å². The molecule has 0 saturated carbocycles. The molecule has 0 aliphatic rings. The number of phenolic OH excluding ortho intramolecular Hbond substituents is 1. The molecule has 2 heterocycles. The molecule has 2 aromatic heterocycles. The lowest BCUT2D eigenvalue weighted by Crippen LogP contribution is -2.08. The fourth-order valence-electron chi connectivity index (χ4n) is 5.46. The predicted octanol–water partition coefficient (Wildman–Crippen LogP) is 8.55. The van der Waals surface area contributed by atoms with Gasteiger partial charge in [-0.1, -0.05) is 72.8 Å². The molecule has 0 aliphatic carbocycles. The Labute approximate surface area is 232 Å². The topological polar surface area (TPSA) is 60.2 Å². The van der Waals surface area contributed by atoms with E-state index in [0.29, 0.717) is 17.3 Å². The Morgan fingerprint density at radius 1 is 0.700 bits per heavy atom. The van der Waals surface area contributed by atoms with E-state index in [4.69, 9.17) is 9.72 Å². The molecule has 194 valence electrons. The van der Waals surface area contributed by atoms with Crippen LogP contribution in [0.1, 0.15) is 13.8 Å². The van der Waals surface area contributed by atoms with Crippen LogP contribution in [-0.4, -0.2) is 25.7 Å². The monoisotopic (exact) mass is 521 g/mol. The summed E-state index contributed by atoms with van der Waals surface area (Å²) in [4.78, 5) is 9.52. The lowest BCUT2D eigenvalue weighted by atomic mass is 10.0. The minimum Gasteiger partial charge on any atom is -0.507 e. The van der Waals surface area contributed by atoms with E-state index in [1.807, 2.05) is 38.1 Å². The molecule has 5 nitrogen and oxygen atoms in total. The lowest BCUT2D eigenvalue weighted by molar-refractivity contribution is 0.232. The summed E-state index contributed by atoms with van der Waals surface area (Å²) in [6, 6.07) is 38.8. The Hall–Kier alpha value is -5.16. The maximum Gasteiger partial charge on any atom is 0.217 e. The highest BCUT2D eigenvalue weighted by Crippen LogP contribution is 2.39. The first kappa shape index (κ1) is 23.9. The van der Waals surface area contributed by atoms with Crippen molar-refractivity contribution in [2.24, 2.45) is 0 Å². The average molecular weight is 522 g/mol. The van der Waals surface area contributed by atoms with Crippen LogP contribution >= 0.6 is 0 Å². The number of hydrogen-bond acceptors (Lipinski definition) is 4. The van der Waals surface area contributed by atoms with Gasteiger partial charge in [-0.25, -0.2) is 4.98 Å². The SMILES string of the molecule is CC(C)Oc1cc(-c2ccc3c4c5ccccc5ccc4n(-c4ccccc4)c3c2)nc(-c2ccccc2O)n1. The Bertz CT molecular complexity index is 2030. The van der Waals surface area contributed by atoms with E-state index in [2.05, 4.69) is 88.4 Å². The molecule has 0 atom stereocenters. The van der Waals surface area contributed by atoms with Crippen LogP contribution in [0.4, 0.5) is 0 Å². The summed E-state index contributed by atoms with van der Waals surface area (Å²) in [6.07, 6.45) is -0.0589. The third-order valence-electron chi connectivity index (χ3n) is 7.17. The number of aromatic hydroxyl groups is 1. The number of phenols is 1. The van der Waals surface area contributed by atoms with E-state index < -0.39 is 0 Å². The molecule has 5 aromatic carbocycles. The number of nitrogens with zero attached hydrogens (tertiary/aromatic N) is 3. The predicted molar refractivity (Wildman–Crippen MR) is 162 cm³/mol. The van der Waals surface area contributed by atoms with Crippen molar-refractivity contribution in [3.8, 4) is 40.0 Å². The first-order valence-corrected chi connectivity index (χ1v) is 13.4. The molecule has 0 fully saturated rings. The highest BCUT2D eigenvalue weighted by Gasteiger charge is 2.18. The van der Waals surface area contributed by atoms with Gasteiger partial charge in [0.05, 0.1) is 28.4 Å². The summed E-state index contributed by atoms with van der Waals surface area (Å²) >= 11 is 0. The summed E-state index contributed by atoms with van der Waals surface area (Å²) in [5.41, 5.74) is 5.55. The molecule has 0 aliphatic heterocycles. The Balaban J connectivity index is 1.51. The number of fused-ring (bicyclic) bond motifs is 5. The van der Waals surface area contributed by atoms with Crippen LogP contribution in [0.5, 0.6) is 11.6 Å². The first-order valence-electron chi connectivity index (χ1n) is 13.4. The second kappa shape index (κ2) is 9.54. The fourth-order valence-corrected chi connectivity index (χ4v) is 5.46. The van der Waals surface area contributed by atoms with E-state index in [0.717, 1.165) is 28.0 Å². The van der Waals surface area contributed by atoms with Crippen molar-refractivity contribution >= 4 is 32.6 Å². The second-order valence-electron chi connectivity index (χ2n) is 10.2. The Kier molecular flexibility index (Phi) is 5.71. The summed E-state index contributed by atoms with van der Waals surface area (Å²) in [6.45, 7) is 3.94. The zero-order valence-electron chi connectivity index (χ0n) is 22.2. The van der Waals surface area contributed by atoms with Gasteiger partial charge in [0.1, 0.15) is 5.75 Å². The van der Waals surface area contributed by atoms with Crippen LogP contribution in [0, 0.1) is 0 Å². The fraction of sp³-hybridized carbons (Fsp3) is 0.0857. The van der Waals surface area contributed by atoms with Crippen molar-refractivity contribution in [1.82, 2.24) is 14.5 Å². The van der Waals surface area contributed by atoms with Gasteiger partial charge >= 0.3 is 0 Å². The largest absolute Gasteiger partial charge is 0.507 e. The molecule has 0 unspecified atom stereocenters. The number of aromatic nitrogens is 3. The van der Waals surface area contributed by atoms with Gasteiger partial charge in [-0.05, 0) is 61.0 Å². The zero-order chi connectivity index (χ0) is 27.2. The van der Waals surface area contributed by atoms with Gasteiger partial charge in [-0.15, -0.1) is 0 Å². The van der Waals surface area contributed by atoms with Crippen molar-refractivity contribution < 1.29 is 9.84 Å².